The summed E-state index contributed by atoms with van der Waals surface area (Å²) in [7, 11) is 0. The summed E-state index contributed by atoms with van der Waals surface area (Å²) in [6, 6.07) is 8.01. The number of nitrogens with two attached hydrogens (primary N) is 1. The van der Waals surface area contributed by atoms with Gasteiger partial charge in [-0.2, -0.15) is 0 Å². The molecule has 1 amide bonds. The smallest absolute Gasteiger partial charge is 0.250 e. The van der Waals surface area contributed by atoms with E-state index in [4.69, 9.17) is 5.73 Å². The molecule has 2 aromatic rings. The number of Topliss-reactive ketones (excluding diaryl/α,β-unsaturated/α-hetero) is 1. The number of hydrogen-bond donors (Lipinski definition) is 1. The number of carbonyl (C=O) groups is 2. The predicted molar refractivity (Wildman–Crippen MR) is 93.1 cm³/mol. The summed E-state index contributed by atoms with van der Waals surface area (Å²) in [4.78, 5) is 26.4. The van der Waals surface area contributed by atoms with E-state index in [1.54, 1.807) is 11.3 Å². The maximum Gasteiger partial charge on any atom is 0.250 e. The molecule has 1 heterocycles. The van der Waals surface area contributed by atoms with Crippen molar-refractivity contribution in [2.24, 2.45) is 5.73 Å². The third kappa shape index (κ3) is 3.53. The molecule has 23 heavy (non-hydrogen) atoms. The van der Waals surface area contributed by atoms with Gasteiger partial charge in [0.15, 0.2) is 0 Å². The van der Waals surface area contributed by atoms with E-state index in [0.29, 0.717) is 18.4 Å². The number of hydrogen-bond acceptors (Lipinski definition) is 3. The van der Waals surface area contributed by atoms with Gasteiger partial charge >= 0.3 is 0 Å². The van der Waals surface area contributed by atoms with Gasteiger partial charge in [0.2, 0.25) is 5.91 Å². The van der Waals surface area contributed by atoms with Crippen molar-refractivity contribution in [3.8, 4) is 0 Å². The fourth-order valence-electron chi connectivity index (χ4n) is 3.21. The van der Waals surface area contributed by atoms with E-state index < -0.39 is 0 Å². The quantitative estimate of drug-likeness (QED) is 0.915. The van der Waals surface area contributed by atoms with Gasteiger partial charge in [0.05, 0.1) is 5.56 Å². The van der Waals surface area contributed by atoms with E-state index in [9.17, 15) is 9.59 Å². The highest BCUT2D eigenvalue weighted by atomic mass is 32.1. The lowest BCUT2D eigenvalue weighted by Gasteiger charge is -2.11. The van der Waals surface area contributed by atoms with Crippen LogP contribution in [0.15, 0.2) is 24.3 Å². The van der Waals surface area contributed by atoms with Crippen LogP contribution >= 0.6 is 11.3 Å². The molecule has 1 aliphatic rings. The van der Waals surface area contributed by atoms with Crippen LogP contribution in [0.5, 0.6) is 0 Å². The highest BCUT2D eigenvalue weighted by Crippen LogP contribution is 2.34. The average Bonchev–Trinajstić information content (AvgIpc) is 2.87. The standard InChI is InChI=1S/C19H21NO2S/c1-12-6-8-13(9-7-12)10-14(21)11-17-18(19(20)22)15-4-2-3-5-16(15)23-17/h6-9H,2-5,10-11H2,1H3,(H2,20,22). The first-order valence-corrected chi connectivity index (χ1v) is 8.86. The van der Waals surface area contributed by atoms with Gasteiger partial charge in [-0.05, 0) is 43.7 Å². The lowest BCUT2D eigenvalue weighted by atomic mass is 9.93. The van der Waals surface area contributed by atoms with Crippen LogP contribution in [0.3, 0.4) is 0 Å². The van der Waals surface area contributed by atoms with Crippen molar-refractivity contribution in [2.45, 2.75) is 45.4 Å². The molecule has 0 radical (unpaired) electrons. The molecule has 1 aromatic carbocycles. The Labute approximate surface area is 140 Å². The van der Waals surface area contributed by atoms with Crippen LogP contribution in [0.4, 0.5) is 0 Å². The first-order chi connectivity index (χ1) is 11.0. The number of carbonyl (C=O) groups excluding carboxylic acids is 2. The highest BCUT2D eigenvalue weighted by molar-refractivity contribution is 7.12. The fourth-order valence-corrected chi connectivity index (χ4v) is 4.64. The Kier molecular flexibility index (Phi) is 4.62. The highest BCUT2D eigenvalue weighted by Gasteiger charge is 2.24. The SMILES string of the molecule is Cc1ccc(CC(=O)Cc2sc3c(c2C(N)=O)CCCC3)cc1. The number of aryl methyl sites for hydroxylation is 2. The van der Waals surface area contributed by atoms with Crippen LogP contribution in [0.1, 0.15) is 49.6 Å². The molecule has 0 spiro atoms. The van der Waals surface area contributed by atoms with Crippen molar-refractivity contribution >= 4 is 23.0 Å². The Hall–Kier alpha value is -1.94. The zero-order valence-corrected chi connectivity index (χ0v) is 14.2. The van der Waals surface area contributed by atoms with Crippen molar-refractivity contribution in [1.82, 2.24) is 0 Å². The van der Waals surface area contributed by atoms with Crippen molar-refractivity contribution in [3.63, 3.8) is 0 Å². The van der Waals surface area contributed by atoms with Gasteiger partial charge in [-0.25, -0.2) is 0 Å². The van der Waals surface area contributed by atoms with Gasteiger partial charge in [0.25, 0.3) is 0 Å². The minimum Gasteiger partial charge on any atom is -0.366 e. The molecular formula is C19H21NO2S. The van der Waals surface area contributed by atoms with Crippen molar-refractivity contribution in [1.29, 1.82) is 0 Å². The largest absolute Gasteiger partial charge is 0.366 e. The van der Waals surface area contributed by atoms with Gasteiger partial charge in [0.1, 0.15) is 5.78 Å². The first kappa shape index (κ1) is 15.9. The van der Waals surface area contributed by atoms with E-state index in [1.807, 2.05) is 31.2 Å². The van der Waals surface area contributed by atoms with Gasteiger partial charge in [-0.1, -0.05) is 29.8 Å². The molecule has 0 saturated heterocycles. The van der Waals surface area contributed by atoms with Crippen LogP contribution in [0.2, 0.25) is 0 Å². The van der Waals surface area contributed by atoms with Gasteiger partial charge < -0.3 is 5.73 Å². The zero-order chi connectivity index (χ0) is 16.4. The van der Waals surface area contributed by atoms with Crippen LogP contribution in [0, 0.1) is 6.92 Å². The summed E-state index contributed by atoms with van der Waals surface area (Å²) < 4.78 is 0. The van der Waals surface area contributed by atoms with Gasteiger partial charge in [0, 0.05) is 22.6 Å². The van der Waals surface area contributed by atoms with Crippen molar-refractivity contribution in [2.75, 3.05) is 0 Å². The Morgan fingerprint density at radius 3 is 2.48 bits per heavy atom. The number of fused-ring (bicyclic) bond motifs is 1. The Morgan fingerprint density at radius 1 is 1.09 bits per heavy atom. The fraction of sp³-hybridized carbons (Fsp3) is 0.368. The molecule has 3 nitrogen and oxygen atoms in total. The minimum absolute atomic E-state index is 0.134. The summed E-state index contributed by atoms with van der Waals surface area (Å²) in [6.45, 7) is 2.03. The van der Waals surface area contributed by atoms with Crippen LogP contribution < -0.4 is 5.73 Å². The molecule has 0 bridgehead atoms. The normalized spacial score (nSPS) is 13.6. The number of thiophene rings is 1. The van der Waals surface area contributed by atoms with E-state index in [1.165, 1.54) is 10.4 Å². The van der Waals surface area contributed by atoms with E-state index in [2.05, 4.69) is 0 Å². The van der Waals surface area contributed by atoms with E-state index in [0.717, 1.165) is 41.7 Å². The van der Waals surface area contributed by atoms with Gasteiger partial charge in [-0.15, -0.1) is 11.3 Å². The number of ketones is 1. The monoisotopic (exact) mass is 327 g/mol. The van der Waals surface area contributed by atoms with Crippen LogP contribution in [0.25, 0.3) is 0 Å². The second-order valence-electron chi connectivity index (χ2n) is 6.25. The molecule has 120 valence electrons. The minimum atomic E-state index is -0.387. The topological polar surface area (TPSA) is 60.2 Å². The third-order valence-electron chi connectivity index (χ3n) is 4.37. The molecule has 1 aromatic heterocycles. The van der Waals surface area contributed by atoms with E-state index >= 15 is 0 Å². The molecule has 1 aliphatic carbocycles. The maximum atomic E-state index is 12.4. The van der Waals surface area contributed by atoms with Crippen LogP contribution in [-0.2, 0) is 30.5 Å². The first-order valence-electron chi connectivity index (χ1n) is 8.05. The molecule has 0 atom stereocenters. The molecule has 4 heteroatoms. The van der Waals surface area contributed by atoms with Crippen molar-refractivity contribution < 1.29 is 9.59 Å². The summed E-state index contributed by atoms with van der Waals surface area (Å²) in [5.41, 5.74) is 9.51. The number of primary amides is 1. The number of benzene rings is 1. The predicted octanol–water partition coefficient (Wildman–Crippen LogP) is 3.39. The van der Waals surface area contributed by atoms with Gasteiger partial charge in [-0.3, -0.25) is 9.59 Å². The Morgan fingerprint density at radius 2 is 1.78 bits per heavy atom. The Balaban J connectivity index is 1.79. The van der Waals surface area contributed by atoms with Crippen LogP contribution in [-0.4, -0.2) is 11.7 Å². The summed E-state index contributed by atoms with van der Waals surface area (Å²) in [5, 5.41) is 0. The van der Waals surface area contributed by atoms with E-state index in [-0.39, 0.29) is 11.7 Å². The Bertz CT molecular complexity index is 743. The lowest BCUT2D eigenvalue weighted by Crippen LogP contribution is -2.17. The summed E-state index contributed by atoms with van der Waals surface area (Å²) in [6.07, 6.45) is 4.89. The molecule has 0 saturated carbocycles. The molecule has 0 unspecified atom stereocenters. The number of amides is 1. The molecule has 0 aliphatic heterocycles. The van der Waals surface area contributed by atoms with Crippen molar-refractivity contribution in [3.05, 3.63) is 56.3 Å². The molecule has 3 rings (SSSR count). The molecular weight excluding hydrogens is 306 g/mol. The average molecular weight is 327 g/mol. The molecule has 2 N–H and O–H groups in total. The molecule has 0 fully saturated rings. The maximum absolute atomic E-state index is 12.4. The second kappa shape index (κ2) is 6.67. The second-order valence-corrected chi connectivity index (χ2v) is 7.44. The zero-order valence-electron chi connectivity index (χ0n) is 13.4. The summed E-state index contributed by atoms with van der Waals surface area (Å²) in [5.74, 6) is -0.252. The third-order valence-corrected chi connectivity index (χ3v) is 5.66. The number of rotatable bonds is 5. The summed E-state index contributed by atoms with van der Waals surface area (Å²) >= 11 is 1.61. The lowest BCUT2D eigenvalue weighted by molar-refractivity contribution is -0.117.